The summed E-state index contributed by atoms with van der Waals surface area (Å²) in [6.45, 7) is 0. The molecule has 0 saturated carbocycles. The zero-order valence-corrected chi connectivity index (χ0v) is 15.4. The predicted molar refractivity (Wildman–Crippen MR) is 90.6 cm³/mol. The quantitative estimate of drug-likeness (QED) is 0.568. The van der Waals surface area contributed by atoms with Gasteiger partial charge in [0.1, 0.15) is 5.75 Å². The monoisotopic (exact) mass is 460 g/mol. The summed E-state index contributed by atoms with van der Waals surface area (Å²) in [7, 11) is 1.61. The van der Waals surface area contributed by atoms with E-state index in [4.69, 9.17) is 4.74 Å². The van der Waals surface area contributed by atoms with Gasteiger partial charge < -0.3 is 4.74 Å². The van der Waals surface area contributed by atoms with Crippen LogP contribution in [0.3, 0.4) is 0 Å². The number of carbonyl (C=O) groups is 1. The lowest BCUT2D eigenvalue weighted by atomic mass is 10.0. The van der Waals surface area contributed by atoms with Crippen LogP contribution in [0, 0.1) is 0 Å². The van der Waals surface area contributed by atoms with Crippen LogP contribution in [0.4, 0.5) is 0 Å². The largest absolute Gasteiger partial charge is 0.497 e. The van der Waals surface area contributed by atoms with Crippen molar-refractivity contribution in [3.8, 4) is 5.75 Å². The number of ketones is 1. The molecule has 0 aliphatic rings. The van der Waals surface area contributed by atoms with E-state index in [0.29, 0.717) is 12.0 Å². The molecule has 0 spiro atoms. The number of halogens is 3. The lowest BCUT2D eigenvalue weighted by Crippen LogP contribution is -2.04. The van der Waals surface area contributed by atoms with E-state index in [9.17, 15) is 4.79 Å². The SMILES string of the molecule is COc1ccc(Br)c(CC(=O)c2cc(Br)cc(Br)c2)c1. The number of hydrogen-bond donors (Lipinski definition) is 0. The molecule has 0 atom stereocenters. The van der Waals surface area contributed by atoms with E-state index in [-0.39, 0.29) is 5.78 Å². The van der Waals surface area contributed by atoms with Crippen molar-refractivity contribution in [2.45, 2.75) is 6.42 Å². The Morgan fingerprint density at radius 2 is 1.70 bits per heavy atom. The van der Waals surface area contributed by atoms with Crippen LogP contribution in [0.5, 0.6) is 5.75 Å². The average Bonchev–Trinajstić information content (AvgIpc) is 2.40. The molecule has 0 heterocycles. The summed E-state index contributed by atoms with van der Waals surface area (Å²) in [5.41, 5.74) is 1.58. The van der Waals surface area contributed by atoms with Gasteiger partial charge in [0.15, 0.2) is 5.78 Å². The normalized spacial score (nSPS) is 10.4. The fourth-order valence-corrected chi connectivity index (χ4v) is 3.48. The van der Waals surface area contributed by atoms with Crippen LogP contribution in [0.25, 0.3) is 0 Å². The molecule has 20 heavy (non-hydrogen) atoms. The van der Waals surface area contributed by atoms with Crippen molar-refractivity contribution in [2.75, 3.05) is 7.11 Å². The Morgan fingerprint density at radius 3 is 2.30 bits per heavy atom. The van der Waals surface area contributed by atoms with Crippen molar-refractivity contribution in [1.82, 2.24) is 0 Å². The number of ether oxygens (including phenoxy) is 1. The predicted octanol–water partition coefficient (Wildman–Crippen LogP) is 5.41. The van der Waals surface area contributed by atoms with Gasteiger partial charge in [-0.15, -0.1) is 0 Å². The van der Waals surface area contributed by atoms with Gasteiger partial charge in [-0.3, -0.25) is 4.79 Å². The third-order valence-corrected chi connectivity index (χ3v) is 4.48. The average molecular weight is 463 g/mol. The summed E-state index contributed by atoms with van der Waals surface area (Å²) in [6, 6.07) is 11.2. The second-order valence-electron chi connectivity index (χ2n) is 4.22. The molecule has 2 rings (SSSR count). The Kier molecular flexibility index (Phi) is 5.41. The van der Waals surface area contributed by atoms with Gasteiger partial charge in [0.05, 0.1) is 7.11 Å². The summed E-state index contributed by atoms with van der Waals surface area (Å²) in [5.74, 6) is 0.798. The van der Waals surface area contributed by atoms with Gasteiger partial charge >= 0.3 is 0 Å². The standard InChI is InChI=1S/C15H11Br3O2/c1-20-13-2-3-14(18)9(6-13)7-15(19)10-4-11(16)8-12(17)5-10/h2-6,8H,7H2,1H3. The van der Waals surface area contributed by atoms with Crippen LogP contribution in [0.2, 0.25) is 0 Å². The summed E-state index contributed by atoms with van der Waals surface area (Å²) >= 11 is 10.2. The maximum Gasteiger partial charge on any atom is 0.167 e. The number of rotatable bonds is 4. The number of carbonyl (C=O) groups excluding carboxylic acids is 1. The smallest absolute Gasteiger partial charge is 0.167 e. The molecule has 2 nitrogen and oxygen atoms in total. The lowest BCUT2D eigenvalue weighted by molar-refractivity contribution is 0.0992. The summed E-state index contributed by atoms with van der Waals surface area (Å²) in [5, 5.41) is 0. The van der Waals surface area contributed by atoms with E-state index < -0.39 is 0 Å². The highest BCUT2D eigenvalue weighted by molar-refractivity contribution is 9.11. The first-order valence-corrected chi connectivity index (χ1v) is 8.19. The first kappa shape index (κ1) is 15.7. The molecule has 0 N–H and O–H groups in total. The number of benzene rings is 2. The van der Waals surface area contributed by atoms with Crippen LogP contribution in [-0.4, -0.2) is 12.9 Å². The van der Waals surface area contributed by atoms with Crippen molar-refractivity contribution in [3.63, 3.8) is 0 Å². The van der Waals surface area contributed by atoms with Crippen LogP contribution in [-0.2, 0) is 6.42 Å². The van der Waals surface area contributed by atoms with Gasteiger partial charge in [0.25, 0.3) is 0 Å². The minimum atomic E-state index is 0.0564. The van der Waals surface area contributed by atoms with Crippen LogP contribution < -0.4 is 4.74 Å². The van der Waals surface area contributed by atoms with Gasteiger partial charge in [-0.25, -0.2) is 0 Å². The Hall–Kier alpha value is -0.650. The molecular weight excluding hydrogens is 452 g/mol. The fourth-order valence-electron chi connectivity index (χ4n) is 1.80. The molecule has 0 aromatic heterocycles. The number of hydrogen-bond acceptors (Lipinski definition) is 2. The van der Waals surface area contributed by atoms with E-state index >= 15 is 0 Å². The van der Waals surface area contributed by atoms with E-state index in [2.05, 4.69) is 47.8 Å². The van der Waals surface area contributed by atoms with Gasteiger partial charge in [0.2, 0.25) is 0 Å². The van der Waals surface area contributed by atoms with Crippen molar-refractivity contribution in [3.05, 3.63) is 60.9 Å². The fraction of sp³-hybridized carbons (Fsp3) is 0.133. The zero-order chi connectivity index (χ0) is 14.7. The molecule has 0 aliphatic heterocycles. The molecule has 5 heteroatoms. The molecule has 0 bridgehead atoms. The number of methoxy groups -OCH3 is 1. The van der Waals surface area contributed by atoms with E-state index in [0.717, 1.165) is 24.7 Å². The lowest BCUT2D eigenvalue weighted by Gasteiger charge is -2.07. The van der Waals surface area contributed by atoms with Gasteiger partial charge in [-0.1, -0.05) is 47.8 Å². The summed E-state index contributed by atoms with van der Waals surface area (Å²) in [4.78, 5) is 12.4. The highest BCUT2D eigenvalue weighted by Crippen LogP contribution is 2.25. The third kappa shape index (κ3) is 3.93. The highest BCUT2D eigenvalue weighted by atomic mass is 79.9. The summed E-state index contributed by atoms with van der Waals surface area (Å²) < 4.78 is 7.84. The Balaban J connectivity index is 2.27. The molecule has 0 unspecified atom stereocenters. The van der Waals surface area contributed by atoms with Crippen molar-refractivity contribution in [2.24, 2.45) is 0 Å². The van der Waals surface area contributed by atoms with Crippen molar-refractivity contribution in [1.29, 1.82) is 0 Å². The second-order valence-corrected chi connectivity index (χ2v) is 6.90. The molecule has 0 radical (unpaired) electrons. The Bertz CT molecular complexity index is 633. The molecule has 0 fully saturated rings. The van der Waals surface area contributed by atoms with Gasteiger partial charge in [-0.2, -0.15) is 0 Å². The highest BCUT2D eigenvalue weighted by Gasteiger charge is 2.12. The van der Waals surface area contributed by atoms with Crippen LogP contribution in [0.1, 0.15) is 15.9 Å². The molecular formula is C15H11Br3O2. The van der Waals surface area contributed by atoms with Crippen molar-refractivity contribution >= 4 is 53.6 Å². The van der Waals surface area contributed by atoms with Crippen molar-refractivity contribution < 1.29 is 9.53 Å². The van der Waals surface area contributed by atoms with Gasteiger partial charge in [-0.05, 0) is 42.0 Å². The Morgan fingerprint density at radius 1 is 1.05 bits per heavy atom. The topological polar surface area (TPSA) is 26.3 Å². The zero-order valence-electron chi connectivity index (χ0n) is 10.6. The second kappa shape index (κ2) is 6.87. The summed E-state index contributed by atoms with van der Waals surface area (Å²) in [6.07, 6.45) is 0.320. The first-order valence-electron chi connectivity index (χ1n) is 5.81. The Labute approximate surface area is 142 Å². The van der Waals surface area contributed by atoms with Crippen LogP contribution in [0.15, 0.2) is 49.8 Å². The maximum atomic E-state index is 12.4. The van der Waals surface area contributed by atoms with Crippen LogP contribution >= 0.6 is 47.8 Å². The minimum absolute atomic E-state index is 0.0564. The molecule has 2 aromatic rings. The van der Waals surface area contributed by atoms with E-state index in [1.165, 1.54) is 0 Å². The molecule has 104 valence electrons. The first-order chi connectivity index (χ1) is 9.49. The molecule has 2 aromatic carbocycles. The minimum Gasteiger partial charge on any atom is -0.497 e. The maximum absolute atomic E-state index is 12.4. The van der Waals surface area contributed by atoms with E-state index in [1.807, 2.05) is 36.4 Å². The molecule has 0 aliphatic carbocycles. The molecule has 0 saturated heterocycles. The van der Waals surface area contributed by atoms with E-state index in [1.54, 1.807) is 7.11 Å². The third-order valence-electron chi connectivity index (χ3n) is 2.79. The number of Topliss-reactive ketones (excluding diaryl/α,β-unsaturated/α-hetero) is 1. The van der Waals surface area contributed by atoms with Gasteiger partial charge in [0, 0.05) is 25.4 Å². The molecule has 0 amide bonds.